The summed E-state index contributed by atoms with van der Waals surface area (Å²) in [5, 5.41) is 11.1. The number of ether oxygens (including phenoxy) is 1. The Balaban J connectivity index is 2.43. The van der Waals surface area contributed by atoms with Crippen LogP contribution in [-0.2, 0) is 16.6 Å². The first-order valence-corrected chi connectivity index (χ1v) is 8.90. The Morgan fingerprint density at radius 3 is 2.44 bits per heavy atom. The second-order valence-corrected chi connectivity index (χ2v) is 7.14. The quantitative estimate of drug-likeness (QED) is 0.563. The maximum Gasteiger partial charge on any atom is 0.312 e. The highest BCUT2D eigenvalue weighted by Gasteiger charge is 2.27. The number of nitro benzene ring substituents is 1. The fraction of sp³-hybridized carbons (Fsp3) is 0.250. The molecule has 0 radical (unpaired) electrons. The van der Waals surface area contributed by atoms with E-state index in [1.807, 2.05) is 6.07 Å². The fourth-order valence-corrected chi connectivity index (χ4v) is 3.80. The van der Waals surface area contributed by atoms with Gasteiger partial charge in [-0.05, 0) is 17.7 Å². The standard InChI is InChI=1S/C16H19N3O5S/c1-24-16-8-7-14(11-15(16)19(20)21)25(22,23)18(10-9-17)12-13-5-3-2-4-6-13/h2-8,11H,9-10,12,17H2,1H3. The number of hydrogen-bond acceptors (Lipinski definition) is 6. The SMILES string of the molecule is COc1ccc(S(=O)(=O)N(CCN)Cc2ccccc2)cc1[N+](=O)[O-]. The van der Waals surface area contributed by atoms with Crippen molar-refractivity contribution >= 4 is 15.7 Å². The highest BCUT2D eigenvalue weighted by Crippen LogP contribution is 2.30. The molecule has 0 aromatic heterocycles. The number of nitro groups is 1. The predicted octanol–water partition coefficient (Wildman–Crippen LogP) is 1.75. The number of rotatable bonds is 8. The topological polar surface area (TPSA) is 116 Å². The zero-order chi connectivity index (χ0) is 18.4. The van der Waals surface area contributed by atoms with E-state index in [1.54, 1.807) is 24.3 Å². The van der Waals surface area contributed by atoms with Crippen LogP contribution in [0.15, 0.2) is 53.4 Å². The van der Waals surface area contributed by atoms with Gasteiger partial charge in [-0.1, -0.05) is 30.3 Å². The molecule has 0 bridgehead atoms. The van der Waals surface area contributed by atoms with E-state index in [1.165, 1.54) is 23.5 Å². The van der Waals surface area contributed by atoms with Crippen molar-refractivity contribution in [1.29, 1.82) is 0 Å². The maximum atomic E-state index is 12.9. The Morgan fingerprint density at radius 1 is 1.20 bits per heavy atom. The van der Waals surface area contributed by atoms with Crippen LogP contribution in [0.5, 0.6) is 5.75 Å². The lowest BCUT2D eigenvalue weighted by atomic mass is 10.2. The minimum absolute atomic E-state index is 0.00242. The molecule has 134 valence electrons. The molecule has 0 aliphatic rings. The van der Waals surface area contributed by atoms with Gasteiger partial charge in [0.05, 0.1) is 16.9 Å². The molecular formula is C16H19N3O5S. The molecular weight excluding hydrogens is 346 g/mol. The molecule has 9 heteroatoms. The van der Waals surface area contributed by atoms with Crippen LogP contribution in [0.25, 0.3) is 0 Å². The second kappa shape index (κ2) is 8.06. The van der Waals surface area contributed by atoms with Crippen LogP contribution < -0.4 is 10.5 Å². The van der Waals surface area contributed by atoms with Gasteiger partial charge in [-0.25, -0.2) is 8.42 Å². The molecule has 2 N–H and O–H groups in total. The first kappa shape index (κ1) is 18.8. The normalized spacial score (nSPS) is 11.5. The van der Waals surface area contributed by atoms with Crippen LogP contribution in [0.2, 0.25) is 0 Å². The largest absolute Gasteiger partial charge is 0.490 e. The van der Waals surface area contributed by atoms with Crippen LogP contribution in [0.3, 0.4) is 0 Å². The third-order valence-electron chi connectivity index (χ3n) is 3.57. The molecule has 0 heterocycles. The molecule has 8 nitrogen and oxygen atoms in total. The van der Waals surface area contributed by atoms with Crippen molar-refractivity contribution in [3.05, 3.63) is 64.2 Å². The highest BCUT2D eigenvalue weighted by molar-refractivity contribution is 7.89. The molecule has 0 aliphatic carbocycles. The minimum Gasteiger partial charge on any atom is -0.490 e. The third-order valence-corrected chi connectivity index (χ3v) is 5.41. The number of benzene rings is 2. The molecule has 0 fully saturated rings. The summed E-state index contributed by atoms with van der Waals surface area (Å²) >= 11 is 0. The predicted molar refractivity (Wildman–Crippen MR) is 92.7 cm³/mol. The lowest BCUT2D eigenvalue weighted by molar-refractivity contribution is -0.386. The van der Waals surface area contributed by atoms with Crippen molar-refractivity contribution in [1.82, 2.24) is 4.31 Å². The van der Waals surface area contributed by atoms with Gasteiger partial charge in [0.15, 0.2) is 5.75 Å². The van der Waals surface area contributed by atoms with Crippen LogP contribution in [0, 0.1) is 10.1 Å². The monoisotopic (exact) mass is 365 g/mol. The van der Waals surface area contributed by atoms with Gasteiger partial charge in [0.1, 0.15) is 0 Å². The van der Waals surface area contributed by atoms with Crippen molar-refractivity contribution in [2.24, 2.45) is 5.73 Å². The average molecular weight is 365 g/mol. The molecule has 0 unspecified atom stereocenters. The smallest absolute Gasteiger partial charge is 0.312 e. The van der Waals surface area contributed by atoms with E-state index in [-0.39, 0.29) is 30.3 Å². The highest BCUT2D eigenvalue weighted by atomic mass is 32.2. The van der Waals surface area contributed by atoms with Gasteiger partial charge in [0, 0.05) is 25.7 Å². The Kier molecular flexibility index (Phi) is 6.07. The van der Waals surface area contributed by atoms with E-state index in [2.05, 4.69) is 0 Å². The van der Waals surface area contributed by atoms with E-state index in [4.69, 9.17) is 10.5 Å². The summed E-state index contributed by atoms with van der Waals surface area (Å²) in [6.45, 7) is 0.349. The number of methoxy groups -OCH3 is 1. The van der Waals surface area contributed by atoms with Gasteiger partial charge in [0.2, 0.25) is 10.0 Å². The van der Waals surface area contributed by atoms with Gasteiger partial charge >= 0.3 is 5.69 Å². The molecule has 0 amide bonds. The summed E-state index contributed by atoms with van der Waals surface area (Å²) in [6.07, 6.45) is 0. The van der Waals surface area contributed by atoms with E-state index in [0.717, 1.165) is 11.6 Å². The van der Waals surface area contributed by atoms with E-state index in [9.17, 15) is 18.5 Å². The number of sulfonamides is 1. The second-order valence-electron chi connectivity index (χ2n) is 5.20. The molecule has 0 atom stereocenters. The van der Waals surface area contributed by atoms with Crippen LogP contribution >= 0.6 is 0 Å². The summed E-state index contributed by atoms with van der Waals surface area (Å²) in [5.41, 5.74) is 5.93. The maximum absolute atomic E-state index is 12.9. The number of nitrogens with zero attached hydrogens (tertiary/aromatic N) is 2. The molecule has 0 aliphatic heterocycles. The molecule has 0 spiro atoms. The summed E-state index contributed by atoms with van der Waals surface area (Å²) in [6, 6.07) is 12.6. The molecule has 2 rings (SSSR count). The lowest BCUT2D eigenvalue weighted by Gasteiger charge is -2.21. The Morgan fingerprint density at radius 2 is 1.88 bits per heavy atom. The Bertz CT molecular complexity index is 840. The van der Waals surface area contributed by atoms with Gasteiger partial charge < -0.3 is 10.5 Å². The first-order valence-electron chi connectivity index (χ1n) is 7.46. The van der Waals surface area contributed by atoms with E-state index in [0.29, 0.717) is 0 Å². The molecule has 2 aromatic rings. The summed E-state index contributed by atoms with van der Waals surface area (Å²) in [5.74, 6) is -0.00242. The molecule has 0 saturated carbocycles. The number of nitrogens with two attached hydrogens (primary N) is 1. The Labute approximate surface area is 146 Å². The molecule has 2 aromatic carbocycles. The third kappa shape index (κ3) is 4.32. The molecule has 0 saturated heterocycles. The zero-order valence-electron chi connectivity index (χ0n) is 13.7. The van der Waals surface area contributed by atoms with Gasteiger partial charge in [-0.2, -0.15) is 4.31 Å². The van der Waals surface area contributed by atoms with Crippen LogP contribution in [0.1, 0.15) is 5.56 Å². The summed E-state index contributed by atoms with van der Waals surface area (Å²) in [7, 11) is -2.66. The van der Waals surface area contributed by atoms with Gasteiger partial charge in [-0.3, -0.25) is 10.1 Å². The lowest BCUT2D eigenvalue weighted by Crippen LogP contribution is -2.35. The van der Waals surface area contributed by atoms with Gasteiger partial charge in [-0.15, -0.1) is 0 Å². The summed E-state index contributed by atoms with van der Waals surface area (Å²) in [4.78, 5) is 10.3. The van der Waals surface area contributed by atoms with Crippen LogP contribution in [0.4, 0.5) is 5.69 Å². The fourth-order valence-electron chi connectivity index (χ4n) is 2.34. The van der Waals surface area contributed by atoms with Crippen molar-refractivity contribution < 1.29 is 18.1 Å². The van der Waals surface area contributed by atoms with E-state index >= 15 is 0 Å². The average Bonchev–Trinajstić information content (AvgIpc) is 2.61. The van der Waals surface area contributed by atoms with Crippen molar-refractivity contribution in [2.75, 3.05) is 20.2 Å². The van der Waals surface area contributed by atoms with Crippen molar-refractivity contribution in [3.8, 4) is 5.75 Å². The van der Waals surface area contributed by atoms with E-state index < -0.39 is 20.6 Å². The Hall–Kier alpha value is -2.49. The van der Waals surface area contributed by atoms with Gasteiger partial charge in [0.25, 0.3) is 0 Å². The zero-order valence-corrected chi connectivity index (χ0v) is 14.5. The van der Waals surface area contributed by atoms with Crippen LogP contribution in [-0.4, -0.2) is 37.8 Å². The molecule has 25 heavy (non-hydrogen) atoms. The number of hydrogen-bond donors (Lipinski definition) is 1. The summed E-state index contributed by atoms with van der Waals surface area (Å²) < 4.78 is 31.9. The first-order chi connectivity index (χ1) is 11.9. The van der Waals surface area contributed by atoms with Crippen molar-refractivity contribution in [3.63, 3.8) is 0 Å². The minimum atomic E-state index is -3.95. The van der Waals surface area contributed by atoms with Crippen molar-refractivity contribution in [2.45, 2.75) is 11.4 Å².